The molecule has 14 heavy (non-hydrogen) atoms. The molecule has 0 saturated carbocycles. The van der Waals surface area contributed by atoms with Gasteiger partial charge in [0.2, 0.25) is 0 Å². The van der Waals surface area contributed by atoms with E-state index < -0.39 is 0 Å². The molecule has 0 bridgehead atoms. The Kier molecular flexibility index (Phi) is 5.53. The fraction of sp³-hybridized carbons (Fsp3) is 0.500. The molecule has 0 aliphatic heterocycles. The Morgan fingerprint density at radius 2 is 2.00 bits per heavy atom. The topological polar surface area (TPSA) is 20.2 Å². The zero-order valence-electron chi connectivity index (χ0n) is 8.70. The Labute approximate surface area is 90.5 Å². The SMILES string of the molecule is CCCSCCCc1ccccc1O. The van der Waals surface area contributed by atoms with E-state index >= 15 is 0 Å². The second kappa shape index (κ2) is 6.77. The van der Waals surface area contributed by atoms with E-state index in [2.05, 4.69) is 6.92 Å². The first-order valence-electron chi connectivity index (χ1n) is 5.19. The number of phenolic OH excluding ortho intramolecular Hbond substituents is 1. The first-order valence-corrected chi connectivity index (χ1v) is 6.34. The molecule has 0 spiro atoms. The summed E-state index contributed by atoms with van der Waals surface area (Å²) in [6.45, 7) is 2.20. The smallest absolute Gasteiger partial charge is 0.118 e. The van der Waals surface area contributed by atoms with Crippen LogP contribution in [0.3, 0.4) is 0 Å². The Hall–Kier alpha value is -0.630. The maximum absolute atomic E-state index is 9.51. The zero-order valence-corrected chi connectivity index (χ0v) is 9.52. The molecule has 2 heteroatoms. The molecule has 0 atom stereocenters. The number of thioether (sulfide) groups is 1. The van der Waals surface area contributed by atoms with Crippen molar-refractivity contribution in [1.29, 1.82) is 0 Å². The molecular weight excluding hydrogens is 192 g/mol. The first-order chi connectivity index (χ1) is 6.84. The van der Waals surface area contributed by atoms with Gasteiger partial charge in [0.15, 0.2) is 0 Å². The zero-order chi connectivity index (χ0) is 10.2. The predicted molar refractivity (Wildman–Crippen MR) is 64.0 cm³/mol. The Morgan fingerprint density at radius 1 is 1.21 bits per heavy atom. The largest absolute Gasteiger partial charge is 0.508 e. The van der Waals surface area contributed by atoms with Crippen LogP contribution in [-0.4, -0.2) is 16.6 Å². The van der Waals surface area contributed by atoms with Crippen LogP contribution >= 0.6 is 11.8 Å². The minimum Gasteiger partial charge on any atom is -0.508 e. The van der Waals surface area contributed by atoms with Gasteiger partial charge >= 0.3 is 0 Å². The van der Waals surface area contributed by atoms with Crippen LogP contribution in [-0.2, 0) is 6.42 Å². The molecule has 0 aliphatic carbocycles. The molecule has 0 unspecified atom stereocenters. The van der Waals surface area contributed by atoms with Gasteiger partial charge in [-0.2, -0.15) is 11.8 Å². The molecule has 0 heterocycles. The second-order valence-electron chi connectivity index (χ2n) is 3.34. The number of aromatic hydroxyl groups is 1. The summed E-state index contributed by atoms with van der Waals surface area (Å²) in [6, 6.07) is 7.60. The van der Waals surface area contributed by atoms with Gasteiger partial charge in [0.25, 0.3) is 0 Å². The third kappa shape index (κ3) is 4.05. The summed E-state index contributed by atoms with van der Waals surface area (Å²) in [7, 11) is 0. The fourth-order valence-electron chi connectivity index (χ4n) is 1.33. The third-order valence-electron chi connectivity index (χ3n) is 2.07. The molecular formula is C12H18OS. The predicted octanol–water partition coefficient (Wildman–Crippen LogP) is 3.47. The van der Waals surface area contributed by atoms with E-state index in [-0.39, 0.29) is 0 Å². The molecule has 1 nitrogen and oxygen atoms in total. The van der Waals surface area contributed by atoms with Crippen molar-refractivity contribution in [2.24, 2.45) is 0 Å². The van der Waals surface area contributed by atoms with E-state index in [1.54, 1.807) is 6.07 Å². The summed E-state index contributed by atoms with van der Waals surface area (Å²) in [5.41, 5.74) is 1.07. The van der Waals surface area contributed by atoms with Crippen molar-refractivity contribution in [3.8, 4) is 5.75 Å². The highest BCUT2D eigenvalue weighted by Gasteiger charge is 1.98. The van der Waals surface area contributed by atoms with Gasteiger partial charge in [-0.1, -0.05) is 25.1 Å². The van der Waals surface area contributed by atoms with Crippen LogP contribution in [0.1, 0.15) is 25.3 Å². The van der Waals surface area contributed by atoms with Crippen molar-refractivity contribution in [3.63, 3.8) is 0 Å². The molecule has 1 aromatic rings. The summed E-state index contributed by atoms with van der Waals surface area (Å²) in [4.78, 5) is 0. The van der Waals surface area contributed by atoms with Crippen molar-refractivity contribution < 1.29 is 5.11 Å². The summed E-state index contributed by atoms with van der Waals surface area (Å²) in [5.74, 6) is 2.89. The number of rotatable bonds is 6. The molecule has 0 aliphatic rings. The molecule has 0 saturated heterocycles. The van der Waals surface area contributed by atoms with Gasteiger partial charge in [-0.3, -0.25) is 0 Å². The summed E-state index contributed by atoms with van der Waals surface area (Å²) in [6.07, 6.45) is 3.40. The number of hydrogen-bond acceptors (Lipinski definition) is 2. The number of phenols is 1. The van der Waals surface area contributed by atoms with Crippen molar-refractivity contribution >= 4 is 11.8 Å². The van der Waals surface area contributed by atoms with Gasteiger partial charge in [0, 0.05) is 0 Å². The number of aryl methyl sites for hydroxylation is 1. The Balaban J connectivity index is 2.21. The lowest BCUT2D eigenvalue weighted by molar-refractivity contribution is 0.467. The second-order valence-corrected chi connectivity index (χ2v) is 4.57. The van der Waals surface area contributed by atoms with Crippen molar-refractivity contribution in [2.75, 3.05) is 11.5 Å². The highest BCUT2D eigenvalue weighted by atomic mass is 32.2. The van der Waals surface area contributed by atoms with Gasteiger partial charge in [0.1, 0.15) is 5.75 Å². The first kappa shape index (κ1) is 11.4. The minimum absolute atomic E-state index is 0.438. The molecule has 78 valence electrons. The van der Waals surface area contributed by atoms with Crippen LogP contribution in [0, 0.1) is 0 Å². The van der Waals surface area contributed by atoms with Crippen LogP contribution < -0.4 is 0 Å². The Morgan fingerprint density at radius 3 is 2.71 bits per heavy atom. The van der Waals surface area contributed by atoms with Crippen LogP contribution in [0.25, 0.3) is 0 Å². The maximum Gasteiger partial charge on any atom is 0.118 e. The molecule has 1 rings (SSSR count). The number of para-hydroxylation sites is 1. The lowest BCUT2D eigenvalue weighted by Crippen LogP contribution is -1.89. The summed E-state index contributed by atoms with van der Waals surface area (Å²) < 4.78 is 0. The average molecular weight is 210 g/mol. The molecule has 0 radical (unpaired) electrons. The standard InChI is InChI=1S/C12H18OS/c1-2-9-14-10-5-7-11-6-3-4-8-12(11)13/h3-4,6,8,13H,2,5,7,9-10H2,1H3. The molecule has 1 N–H and O–H groups in total. The van der Waals surface area contributed by atoms with Crippen molar-refractivity contribution in [2.45, 2.75) is 26.2 Å². The van der Waals surface area contributed by atoms with E-state index in [1.165, 1.54) is 17.9 Å². The normalized spacial score (nSPS) is 10.4. The van der Waals surface area contributed by atoms with Crippen molar-refractivity contribution in [1.82, 2.24) is 0 Å². The van der Waals surface area contributed by atoms with E-state index in [0.29, 0.717) is 5.75 Å². The lowest BCUT2D eigenvalue weighted by atomic mass is 10.1. The van der Waals surface area contributed by atoms with Crippen LogP contribution in [0.5, 0.6) is 5.75 Å². The van der Waals surface area contributed by atoms with Gasteiger partial charge in [-0.25, -0.2) is 0 Å². The molecule has 1 aromatic carbocycles. The van der Waals surface area contributed by atoms with E-state index in [1.807, 2.05) is 30.0 Å². The van der Waals surface area contributed by atoms with Gasteiger partial charge in [-0.05, 0) is 42.4 Å². The molecule has 0 fully saturated rings. The monoisotopic (exact) mass is 210 g/mol. The van der Waals surface area contributed by atoms with Gasteiger partial charge in [0.05, 0.1) is 0 Å². The van der Waals surface area contributed by atoms with E-state index in [9.17, 15) is 5.11 Å². The quantitative estimate of drug-likeness (QED) is 0.725. The minimum atomic E-state index is 0.438. The maximum atomic E-state index is 9.51. The molecule has 0 amide bonds. The number of benzene rings is 1. The van der Waals surface area contributed by atoms with Crippen molar-refractivity contribution in [3.05, 3.63) is 29.8 Å². The van der Waals surface area contributed by atoms with Crippen LogP contribution in [0.15, 0.2) is 24.3 Å². The number of hydrogen-bond donors (Lipinski definition) is 1. The van der Waals surface area contributed by atoms with Crippen LogP contribution in [0.2, 0.25) is 0 Å². The summed E-state index contributed by atoms with van der Waals surface area (Å²) in [5, 5.41) is 9.51. The fourth-order valence-corrected chi connectivity index (χ4v) is 2.17. The van der Waals surface area contributed by atoms with Gasteiger partial charge < -0.3 is 5.11 Å². The highest BCUT2D eigenvalue weighted by Crippen LogP contribution is 2.18. The highest BCUT2D eigenvalue weighted by molar-refractivity contribution is 7.99. The van der Waals surface area contributed by atoms with E-state index in [0.717, 1.165) is 18.4 Å². The van der Waals surface area contributed by atoms with E-state index in [4.69, 9.17) is 0 Å². The summed E-state index contributed by atoms with van der Waals surface area (Å²) >= 11 is 2.00. The Bertz CT molecular complexity index is 260. The third-order valence-corrected chi connectivity index (χ3v) is 3.35. The average Bonchev–Trinajstić information content (AvgIpc) is 2.20. The van der Waals surface area contributed by atoms with Crippen LogP contribution in [0.4, 0.5) is 0 Å². The van der Waals surface area contributed by atoms with Gasteiger partial charge in [-0.15, -0.1) is 0 Å². The molecule has 0 aromatic heterocycles. The lowest BCUT2D eigenvalue weighted by Gasteiger charge is -2.03.